The van der Waals surface area contributed by atoms with Crippen LogP contribution in [0.15, 0.2) is 42.5 Å². The summed E-state index contributed by atoms with van der Waals surface area (Å²) in [6, 6.07) is 13.0. The minimum Gasteiger partial charge on any atom is -0.497 e. The number of benzene rings is 2. The van der Waals surface area contributed by atoms with E-state index in [1.54, 1.807) is 32.4 Å². The van der Waals surface area contributed by atoms with Crippen molar-refractivity contribution in [2.24, 2.45) is 5.73 Å². The Bertz CT molecular complexity index is 626. The maximum atomic E-state index is 5.81. The zero-order valence-electron chi connectivity index (χ0n) is 12.0. The number of thiocarbonyl (C=S) groups is 1. The molecule has 21 heavy (non-hydrogen) atoms. The second kappa shape index (κ2) is 6.95. The lowest BCUT2D eigenvalue weighted by Gasteiger charge is -2.12. The minimum atomic E-state index is 0.294. The predicted molar refractivity (Wildman–Crippen MR) is 86.2 cm³/mol. The summed E-state index contributed by atoms with van der Waals surface area (Å²) in [5.41, 5.74) is 7.42. The van der Waals surface area contributed by atoms with Crippen molar-refractivity contribution in [2.45, 2.75) is 6.61 Å². The Balaban J connectivity index is 2.15. The van der Waals surface area contributed by atoms with Gasteiger partial charge in [0, 0.05) is 6.07 Å². The third kappa shape index (κ3) is 3.86. The monoisotopic (exact) mass is 303 g/mol. The smallest absolute Gasteiger partial charge is 0.133 e. The van der Waals surface area contributed by atoms with Crippen molar-refractivity contribution >= 4 is 17.2 Å². The van der Waals surface area contributed by atoms with Crippen molar-refractivity contribution in [1.29, 1.82) is 0 Å². The van der Waals surface area contributed by atoms with Crippen LogP contribution in [0.3, 0.4) is 0 Å². The van der Waals surface area contributed by atoms with E-state index >= 15 is 0 Å². The highest BCUT2D eigenvalue weighted by Crippen LogP contribution is 2.26. The van der Waals surface area contributed by atoms with Gasteiger partial charge in [0.15, 0.2) is 0 Å². The molecular formula is C16H17NO3S. The zero-order valence-corrected chi connectivity index (χ0v) is 12.8. The topological polar surface area (TPSA) is 53.7 Å². The molecule has 4 nitrogen and oxygen atoms in total. The molecule has 0 unspecified atom stereocenters. The van der Waals surface area contributed by atoms with Gasteiger partial charge < -0.3 is 19.9 Å². The molecule has 0 saturated carbocycles. The van der Waals surface area contributed by atoms with Crippen LogP contribution < -0.4 is 19.9 Å². The van der Waals surface area contributed by atoms with Gasteiger partial charge in [-0.15, -0.1) is 0 Å². The lowest BCUT2D eigenvalue weighted by atomic mass is 10.2. The van der Waals surface area contributed by atoms with Gasteiger partial charge in [0.25, 0.3) is 0 Å². The fraction of sp³-hybridized carbons (Fsp3) is 0.188. The van der Waals surface area contributed by atoms with Crippen LogP contribution in [0.2, 0.25) is 0 Å². The normalized spacial score (nSPS) is 10.0. The molecule has 0 spiro atoms. The molecule has 0 bridgehead atoms. The summed E-state index contributed by atoms with van der Waals surface area (Å²) in [5.74, 6) is 2.11. The second-order valence-electron chi connectivity index (χ2n) is 4.36. The van der Waals surface area contributed by atoms with E-state index in [1.807, 2.05) is 24.3 Å². The maximum Gasteiger partial charge on any atom is 0.133 e. The molecule has 0 aliphatic rings. The summed E-state index contributed by atoms with van der Waals surface area (Å²) in [4.78, 5) is 0.294. The van der Waals surface area contributed by atoms with Crippen LogP contribution in [-0.4, -0.2) is 19.2 Å². The molecule has 0 aliphatic heterocycles. The van der Waals surface area contributed by atoms with Gasteiger partial charge in [0.1, 0.15) is 28.8 Å². The molecule has 0 fully saturated rings. The highest BCUT2D eigenvalue weighted by Gasteiger charge is 2.08. The lowest BCUT2D eigenvalue weighted by molar-refractivity contribution is 0.303. The van der Waals surface area contributed by atoms with Gasteiger partial charge >= 0.3 is 0 Å². The summed E-state index contributed by atoms with van der Waals surface area (Å²) in [6.07, 6.45) is 0. The SMILES string of the molecule is COc1ccc(COc2cc(OC)ccc2C(N)=S)cc1. The van der Waals surface area contributed by atoms with Crippen molar-refractivity contribution in [3.05, 3.63) is 53.6 Å². The van der Waals surface area contributed by atoms with E-state index in [0.29, 0.717) is 28.7 Å². The molecule has 0 amide bonds. The number of rotatable bonds is 6. The number of ether oxygens (including phenoxy) is 3. The third-order valence-electron chi connectivity index (χ3n) is 3.01. The quantitative estimate of drug-likeness (QED) is 0.832. The van der Waals surface area contributed by atoms with Crippen LogP contribution in [0.4, 0.5) is 0 Å². The molecule has 5 heteroatoms. The predicted octanol–water partition coefficient (Wildman–Crippen LogP) is 2.92. The second-order valence-corrected chi connectivity index (χ2v) is 4.80. The number of methoxy groups -OCH3 is 2. The number of hydrogen-bond donors (Lipinski definition) is 1. The van der Waals surface area contributed by atoms with Gasteiger partial charge in [-0.3, -0.25) is 0 Å². The van der Waals surface area contributed by atoms with Crippen molar-refractivity contribution in [3.8, 4) is 17.2 Å². The first-order valence-electron chi connectivity index (χ1n) is 6.37. The summed E-state index contributed by atoms with van der Waals surface area (Å²) in [6.45, 7) is 0.409. The first-order chi connectivity index (χ1) is 10.1. The molecule has 2 N–H and O–H groups in total. The molecule has 2 rings (SSSR count). The summed E-state index contributed by atoms with van der Waals surface area (Å²) >= 11 is 5.03. The summed E-state index contributed by atoms with van der Waals surface area (Å²) in [7, 11) is 3.24. The summed E-state index contributed by atoms with van der Waals surface area (Å²) < 4.78 is 16.1. The van der Waals surface area contributed by atoms with Gasteiger partial charge in [-0.1, -0.05) is 24.4 Å². The highest BCUT2D eigenvalue weighted by molar-refractivity contribution is 7.80. The van der Waals surface area contributed by atoms with Crippen LogP contribution in [0.1, 0.15) is 11.1 Å². The molecule has 0 radical (unpaired) electrons. The number of hydrogen-bond acceptors (Lipinski definition) is 4. The third-order valence-corrected chi connectivity index (χ3v) is 3.23. The highest BCUT2D eigenvalue weighted by atomic mass is 32.1. The van der Waals surface area contributed by atoms with E-state index in [2.05, 4.69) is 0 Å². The Hall–Kier alpha value is -2.27. The molecule has 2 aromatic rings. The standard InChI is InChI=1S/C16H17NO3S/c1-18-12-5-3-11(4-6-12)10-20-15-9-13(19-2)7-8-14(15)16(17)21/h3-9H,10H2,1-2H3,(H2,17,21). The zero-order chi connectivity index (χ0) is 15.2. The van der Waals surface area contributed by atoms with Gasteiger partial charge in [-0.2, -0.15) is 0 Å². The lowest BCUT2D eigenvalue weighted by Crippen LogP contribution is -2.11. The van der Waals surface area contributed by atoms with E-state index in [9.17, 15) is 0 Å². The molecular weight excluding hydrogens is 286 g/mol. The van der Waals surface area contributed by atoms with E-state index in [-0.39, 0.29) is 0 Å². The van der Waals surface area contributed by atoms with E-state index in [4.69, 9.17) is 32.2 Å². The van der Waals surface area contributed by atoms with Crippen molar-refractivity contribution in [2.75, 3.05) is 14.2 Å². The Morgan fingerprint density at radius 1 is 1.00 bits per heavy atom. The fourth-order valence-electron chi connectivity index (χ4n) is 1.84. The van der Waals surface area contributed by atoms with Crippen LogP contribution in [-0.2, 0) is 6.61 Å². The largest absolute Gasteiger partial charge is 0.497 e. The van der Waals surface area contributed by atoms with Gasteiger partial charge in [-0.25, -0.2) is 0 Å². The van der Waals surface area contributed by atoms with Gasteiger partial charge in [-0.05, 0) is 29.8 Å². The maximum absolute atomic E-state index is 5.81. The van der Waals surface area contributed by atoms with Crippen LogP contribution >= 0.6 is 12.2 Å². The minimum absolute atomic E-state index is 0.294. The molecule has 0 saturated heterocycles. The van der Waals surface area contributed by atoms with Crippen molar-refractivity contribution in [3.63, 3.8) is 0 Å². The molecule has 0 aliphatic carbocycles. The Kier molecular flexibility index (Phi) is 5.00. The Morgan fingerprint density at radius 3 is 2.19 bits per heavy atom. The molecule has 0 heterocycles. The molecule has 110 valence electrons. The molecule has 0 atom stereocenters. The van der Waals surface area contributed by atoms with Crippen molar-refractivity contribution < 1.29 is 14.2 Å². The van der Waals surface area contributed by atoms with Gasteiger partial charge in [0.05, 0.1) is 19.8 Å². The van der Waals surface area contributed by atoms with Gasteiger partial charge in [0.2, 0.25) is 0 Å². The Morgan fingerprint density at radius 2 is 1.62 bits per heavy atom. The van der Waals surface area contributed by atoms with Crippen LogP contribution in [0.25, 0.3) is 0 Å². The number of nitrogens with two attached hydrogens (primary N) is 1. The average molecular weight is 303 g/mol. The first-order valence-corrected chi connectivity index (χ1v) is 6.78. The fourth-order valence-corrected chi connectivity index (χ4v) is 2.00. The first kappa shape index (κ1) is 15.1. The van der Waals surface area contributed by atoms with Crippen LogP contribution in [0, 0.1) is 0 Å². The molecule has 0 aromatic heterocycles. The summed E-state index contributed by atoms with van der Waals surface area (Å²) in [5, 5.41) is 0. The van der Waals surface area contributed by atoms with E-state index < -0.39 is 0 Å². The van der Waals surface area contributed by atoms with Crippen molar-refractivity contribution in [1.82, 2.24) is 0 Å². The Labute approximate surface area is 129 Å². The van der Waals surface area contributed by atoms with Crippen LogP contribution in [0.5, 0.6) is 17.2 Å². The van der Waals surface area contributed by atoms with E-state index in [1.165, 1.54) is 0 Å². The van der Waals surface area contributed by atoms with E-state index in [0.717, 1.165) is 11.3 Å². The average Bonchev–Trinajstić information content (AvgIpc) is 2.52. The molecule has 2 aromatic carbocycles.